The molecule has 0 radical (unpaired) electrons. The van der Waals surface area contributed by atoms with E-state index in [0.717, 1.165) is 6.07 Å². The van der Waals surface area contributed by atoms with E-state index in [1.807, 2.05) is 0 Å². The van der Waals surface area contributed by atoms with Crippen molar-refractivity contribution in [1.82, 2.24) is 4.47 Å². The van der Waals surface area contributed by atoms with Gasteiger partial charge in [0.05, 0.1) is 17.8 Å². The molecule has 0 bridgehead atoms. The van der Waals surface area contributed by atoms with Crippen LogP contribution in [0.1, 0.15) is 27.6 Å². The number of anilines is 1. The fourth-order valence-electron chi connectivity index (χ4n) is 2.17. The number of nitrogens with one attached hydrogen (secondary N) is 1. The number of hydrogen-bond acceptors (Lipinski definition) is 5. The van der Waals surface area contributed by atoms with E-state index >= 15 is 0 Å². The van der Waals surface area contributed by atoms with Crippen molar-refractivity contribution >= 4 is 39.0 Å². The number of carbonyl (C=O) groups excluding carboxylic acids is 2. The number of nitrogens with zero attached hydrogens (tertiary/aromatic N) is 1. The lowest BCUT2D eigenvalue weighted by Crippen LogP contribution is -2.26. The number of hydrogen-bond donors (Lipinski definition) is 1. The Bertz CT molecular complexity index is 959. The maximum absolute atomic E-state index is 12.5. The summed E-state index contributed by atoms with van der Waals surface area (Å²) in [7, 11) is -1.62. The molecule has 0 aliphatic rings. The minimum atomic E-state index is -4.03. The van der Waals surface area contributed by atoms with Gasteiger partial charge >= 0.3 is 0 Å². The molecule has 0 spiro atoms. The second-order valence-corrected chi connectivity index (χ2v) is 7.61. The number of carbonyl (C=O) groups is 2. The molecule has 0 heterocycles. The van der Waals surface area contributed by atoms with Crippen molar-refractivity contribution in [3.05, 3.63) is 58.6 Å². The zero-order valence-electron chi connectivity index (χ0n) is 14.3. The SMILES string of the molecule is CON(C)S(=O)(=O)c1cc(C(=O)Nc2ccccc2C(C)=O)ccc1Cl. The van der Waals surface area contributed by atoms with E-state index in [4.69, 9.17) is 16.4 Å². The highest BCUT2D eigenvalue weighted by atomic mass is 35.5. The molecule has 2 rings (SSSR count). The molecular formula is C17H17ClN2O5S. The highest BCUT2D eigenvalue weighted by molar-refractivity contribution is 7.89. The average molecular weight is 397 g/mol. The summed E-state index contributed by atoms with van der Waals surface area (Å²) in [6, 6.07) is 10.4. The number of amides is 1. The Labute approximate surface area is 156 Å². The number of sulfonamides is 1. The molecular weight excluding hydrogens is 380 g/mol. The van der Waals surface area contributed by atoms with Crippen LogP contribution in [0.15, 0.2) is 47.4 Å². The molecule has 9 heteroatoms. The summed E-state index contributed by atoms with van der Waals surface area (Å²) in [6.07, 6.45) is 0. The third-order valence-corrected chi connectivity index (χ3v) is 5.78. The van der Waals surface area contributed by atoms with Gasteiger partial charge in [-0.3, -0.25) is 14.4 Å². The number of halogens is 1. The Hall–Kier alpha value is -2.26. The summed E-state index contributed by atoms with van der Waals surface area (Å²) in [6.45, 7) is 1.39. The van der Waals surface area contributed by atoms with Crippen molar-refractivity contribution in [1.29, 1.82) is 0 Å². The maximum Gasteiger partial charge on any atom is 0.266 e. The summed E-state index contributed by atoms with van der Waals surface area (Å²) in [5, 5.41) is 2.56. The lowest BCUT2D eigenvalue weighted by Gasteiger charge is -2.16. The second-order valence-electron chi connectivity index (χ2n) is 5.30. The van der Waals surface area contributed by atoms with Crippen molar-refractivity contribution in [3.8, 4) is 0 Å². The summed E-state index contributed by atoms with van der Waals surface area (Å²) >= 11 is 5.98. The number of hydroxylamine groups is 1. The maximum atomic E-state index is 12.5. The molecule has 138 valence electrons. The predicted molar refractivity (Wildman–Crippen MR) is 97.8 cm³/mol. The van der Waals surface area contributed by atoms with Gasteiger partial charge in [-0.15, -0.1) is 0 Å². The van der Waals surface area contributed by atoms with E-state index in [1.54, 1.807) is 24.3 Å². The first-order valence-corrected chi connectivity index (χ1v) is 9.24. The quantitative estimate of drug-likeness (QED) is 0.598. The normalized spacial score (nSPS) is 11.4. The summed E-state index contributed by atoms with van der Waals surface area (Å²) < 4.78 is 25.4. The largest absolute Gasteiger partial charge is 0.321 e. The van der Waals surface area contributed by atoms with E-state index in [2.05, 4.69) is 5.32 Å². The monoisotopic (exact) mass is 396 g/mol. The van der Waals surface area contributed by atoms with Crippen LogP contribution in [0, 0.1) is 0 Å². The molecule has 2 aromatic rings. The molecule has 2 aromatic carbocycles. The second kappa shape index (κ2) is 7.96. The third kappa shape index (κ3) is 4.10. The average Bonchev–Trinajstić information content (AvgIpc) is 2.61. The van der Waals surface area contributed by atoms with Crippen LogP contribution in [0.3, 0.4) is 0 Å². The van der Waals surface area contributed by atoms with Gasteiger partial charge in [-0.05, 0) is 37.3 Å². The van der Waals surface area contributed by atoms with Crippen LogP contribution in [-0.4, -0.2) is 38.7 Å². The van der Waals surface area contributed by atoms with Crippen molar-refractivity contribution in [2.24, 2.45) is 0 Å². The van der Waals surface area contributed by atoms with Gasteiger partial charge in [0.2, 0.25) is 0 Å². The molecule has 0 fully saturated rings. The highest BCUT2D eigenvalue weighted by Gasteiger charge is 2.25. The minimum absolute atomic E-state index is 0.0467. The summed E-state index contributed by atoms with van der Waals surface area (Å²) in [4.78, 5) is 28.6. The van der Waals surface area contributed by atoms with Crippen molar-refractivity contribution in [2.75, 3.05) is 19.5 Å². The molecule has 0 saturated heterocycles. The lowest BCUT2D eigenvalue weighted by atomic mass is 10.1. The van der Waals surface area contributed by atoms with E-state index < -0.39 is 15.9 Å². The standard InChI is InChI=1S/C17H17ClN2O5S/c1-11(21)13-6-4-5-7-15(13)19-17(22)12-8-9-14(18)16(10-12)26(23,24)20(2)25-3/h4-10H,1-3H3,(H,19,22). The van der Waals surface area contributed by atoms with E-state index in [0.29, 0.717) is 15.7 Å². The molecule has 0 aliphatic carbocycles. The first-order valence-electron chi connectivity index (χ1n) is 7.42. The highest BCUT2D eigenvalue weighted by Crippen LogP contribution is 2.26. The molecule has 0 atom stereocenters. The zero-order valence-corrected chi connectivity index (χ0v) is 15.9. The molecule has 0 unspecified atom stereocenters. The fraction of sp³-hybridized carbons (Fsp3) is 0.176. The fourth-order valence-corrected chi connectivity index (χ4v) is 3.65. The van der Waals surface area contributed by atoms with Gasteiger partial charge in [0.25, 0.3) is 15.9 Å². The summed E-state index contributed by atoms with van der Waals surface area (Å²) in [5.41, 5.74) is 0.746. The Morgan fingerprint density at radius 1 is 1.15 bits per heavy atom. The van der Waals surface area contributed by atoms with E-state index in [-0.39, 0.29) is 21.3 Å². The van der Waals surface area contributed by atoms with Crippen molar-refractivity contribution < 1.29 is 22.8 Å². The van der Waals surface area contributed by atoms with Crippen molar-refractivity contribution in [3.63, 3.8) is 0 Å². The van der Waals surface area contributed by atoms with Crippen LogP contribution >= 0.6 is 11.6 Å². The molecule has 26 heavy (non-hydrogen) atoms. The first kappa shape index (κ1) is 20.1. The Balaban J connectivity index is 2.40. The van der Waals surface area contributed by atoms with Crippen LogP contribution in [0.25, 0.3) is 0 Å². The molecule has 7 nitrogen and oxygen atoms in total. The molecule has 0 aromatic heterocycles. The Kier molecular flexibility index (Phi) is 6.14. The number of para-hydroxylation sites is 1. The van der Waals surface area contributed by atoms with Gasteiger partial charge < -0.3 is 5.32 Å². The number of Topliss-reactive ketones (excluding diaryl/α,β-unsaturated/α-hetero) is 1. The number of ketones is 1. The Morgan fingerprint density at radius 2 is 1.81 bits per heavy atom. The predicted octanol–water partition coefficient (Wildman–Crippen LogP) is 2.98. The van der Waals surface area contributed by atoms with Gasteiger partial charge in [0, 0.05) is 18.2 Å². The topological polar surface area (TPSA) is 92.8 Å². The number of benzene rings is 2. The zero-order chi connectivity index (χ0) is 19.5. The van der Waals surface area contributed by atoms with Crippen LogP contribution in [-0.2, 0) is 14.9 Å². The minimum Gasteiger partial charge on any atom is -0.321 e. The summed E-state index contributed by atoms with van der Waals surface area (Å²) in [5.74, 6) is -0.783. The Morgan fingerprint density at radius 3 is 2.42 bits per heavy atom. The van der Waals surface area contributed by atoms with Crippen LogP contribution < -0.4 is 5.32 Å². The van der Waals surface area contributed by atoms with Gasteiger partial charge in [0.1, 0.15) is 4.90 Å². The van der Waals surface area contributed by atoms with Crippen LogP contribution in [0.4, 0.5) is 5.69 Å². The smallest absolute Gasteiger partial charge is 0.266 e. The molecule has 1 N–H and O–H groups in total. The van der Waals surface area contributed by atoms with Gasteiger partial charge in [0.15, 0.2) is 5.78 Å². The molecule has 0 aliphatic heterocycles. The van der Waals surface area contributed by atoms with E-state index in [9.17, 15) is 18.0 Å². The molecule has 0 saturated carbocycles. The first-order chi connectivity index (χ1) is 12.2. The third-order valence-electron chi connectivity index (χ3n) is 3.62. The van der Waals surface area contributed by atoms with Gasteiger partial charge in [-0.25, -0.2) is 8.42 Å². The number of rotatable bonds is 6. The van der Waals surface area contributed by atoms with Crippen molar-refractivity contribution in [2.45, 2.75) is 11.8 Å². The van der Waals surface area contributed by atoms with Crippen LogP contribution in [0.2, 0.25) is 5.02 Å². The van der Waals surface area contributed by atoms with Crippen LogP contribution in [0.5, 0.6) is 0 Å². The van der Waals surface area contributed by atoms with Gasteiger partial charge in [-0.2, -0.15) is 0 Å². The van der Waals surface area contributed by atoms with E-state index in [1.165, 1.54) is 33.2 Å². The lowest BCUT2D eigenvalue weighted by molar-refractivity contribution is -0.0258. The van der Waals surface area contributed by atoms with Gasteiger partial charge in [-0.1, -0.05) is 28.2 Å². The molecule has 1 amide bonds.